The Morgan fingerprint density at radius 2 is 1.81 bits per heavy atom. The lowest BCUT2D eigenvalue weighted by Gasteiger charge is -2.16. The van der Waals surface area contributed by atoms with Gasteiger partial charge in [-0.2, -0.15) is 0 Å². The van der Waals surface area contributed by atoms with Crippen LogP contribution in [0.3, 0.4) is 0 Å². The highest BCUT2D eigenvalue weighted by atomic mass is 16.2. The zero-order valence-corrected chi connectivity index (χ0v) is 10.5. The van der Waals surface area contributed by atoms with Crippen molar-refractivity contribution < 1.29 is 4.79 Å². The maximum Gasteiger partial charge on any atom is 0.328 e. The summed E-state index contributed by atoms with van der Waals surface area (Å²) < 4.78 is 3.11. The molecule has 4 heteroatoms. The van der Waals surface area contributed by atoms with Crippen LogP contribution in [0.2, 0.25) is 0 Å². The molecule has 1 rings (SSSR count). The summed E-state index contributed by atoms with van der Waals surface area (Å²) in [5.74, 6) is 0.0730. The van der Waals surface area contributed by atoms with Crippen molar-refractivity contribution in [2.24, 2.45) is 5.41 Å². The van der Waals surface area contributed by atoms with E-state index in [1.54, 1.807) is 17.0 Å². The Morgan fingerprint density at radius 1 is 1.25 bits per heavy atom. The van der Waals surface area contributed by atoms with Gasteiger partial charge in [-0.25, -0.2) is 4.79 Å². The highest BCUT2D eigenvalue weighted by Crippen LogP contribution is 2.15. The Morgan fingerprint density at radius 3 is 2.31 bits per heavy atom. The van der Waals surface area contributed by atoms with Crippen molar-refractivity contribution in [2.45, 2.75) is 47.2 Å². The van der Waals surface area contributed by atoms with E-state index in [0.717, 1.165) is 6.42 Å². The molecule has 0 aromatic carbocycles. The second kappa shape index (κ2) is 4.68. The number of hydrogen-bond acceptors (Lipinski definition) is 2. The first-order valence-corrected chi connectivity index (χ1v) is 5.65. The van der Waals surface area contributed by atoms with Gasteiger partial charge in [0.1, 0.15) is 0 Å². The molecule has 0 saturated carbocycles. The Kier molecular flexibility index (Phi) is 3.73. The molecule has 0 atom stereocenters. The van der Waals surface area contributed by atoms with Gasteiger partial charge < -0.3 is 0 Å². The van der Waals surface area contributed by atoms with Crippen molar-refractivity contribution in [3.05, 3.63) is 22.9 Å². The summed E-state index contributed by atoms with van der Waals surface area (Å²) in [6, 6.07) is 0. The average Bonchev–Trinajstić information content (AvgIpc) is 2.49. The largest absolute Gasteiger partial charge is 0.328 e. The van der Waals surface area contributed by atoms with E-state index in [-0.39, 0.29) is 18.0 Å². The summed E-state index contributed by atoms with van der Waals surface area (Å²) in [7, 11) is 0. The van der Waals surface area contributed by atoms with E-state index in [9.17, 15) is 9.59 Å². The van der Waals surface area contributed by atoms with Crippen LogP contribution in [-0.2, 0) is 17.9 Å². The van der Waals surface area contributed by atoms with Gasteiger partial charge in [0.05, 0.1) is 6.54 Å². The average molecular weight is 224 g/mol. The lowest BCUT2D eigenvalue weighted by atomic mass is 9.91. The first-order chi connectivity index (χ1) is 7.36. The van der Waals surface area contributed by atoms with Crippen molar-refractivity contribution in [3.8, 4) is 0 Å². The summed E-state index contributed by atoms with van der Waals surface area (Å²) >= 11 is 0. The lowest BCUT2D eigenvalue weighted by molar-refractivity contribution is -0.126. The van der Waals surface area contributed by atoms with E-state index in [2.05, 4.69) is 0 Å². The lowest BCUT2D eigenvalue weighted by Crippen LogP contribution is -2.31. The standard InChI is InChI=1S/C12H20N2O2/c1-5-6-13-7-8-14(11(13)16)9-10(15)12(2,3)4/h7-8H,5-6,9H2,1-4H3. The van der Waals surface area contributed by atoms with Crippen molar-refractivity contribution in [3.63, 3.8) is 0 Å². The molecule has 1 aromatic heterocycles. The van der Waals surface area contributed by atoms with Crippen LogP contribution in [-0.4, -0.2) is 14.9 Å². The molecule has 0 fully saturated rings. The number of ketones is 1. The second-order valence-electron chi connectivity index (χ2n) is 5.08. The molecule has 0 aliphatic carbocycles. The third kappa shape index (κ3) is 2.84. The first kappa shape index (κ1) is 12.7. The van der Waals surface area contributed by atoms with Gasteiger partial charge in [0.15, 0.2) is 5.78 Å². The van der Waals surface area contributed by atoms with E-state index in [4.69, 9.17) is 0 Å². The van der Waals surface area contributed by atoms with Gasteiger partial charge in [0.25, 0.3) is 0 Å². The Labute approximate surface area is 95.9 Å². The quantitative estimate of drug-likeness (QED) is 0.781. The zero-order chi connectivity index (χ0) is 12.3. The van der Waals surface area contributed by atoms with Gasteiger partial charge in [-0.05, 0) is 6.42 Å². The second-order valence-corrected chi connectivity index (χ2v) is 5.08. The van der Waals surface area contributed by atoms with Crippen molar-refractivity contribution in [2.75, 3.05) is 0 Å². The van der Waals surface area contributed by atoms with Crippen LogP contribution in [0.1, 0.15) is 34.1 Å². The SMILES string of the molecule is CCCn1ccn(CC(=O)C(C)(C)C)c1=O. The highest BCUT2D eigenvalue weighted by molar-refractivity contribution is 5.83. The smallest absolute Gasteiger partial charge is 0.299 e. The number of nitrogens with zero attached hydrogens (tertiary/aromatic N) is 2. The Bertz CT molecular complexity index is 421. The molecule has 16 heavy (non-hydrogen) atoms. The van der Waals surface area contributed by atoms with Crippen LogP contribution in [0, 0.1) is 5.41 Å². The van der Waals surface area contributed by atoms with Gasteiger partial charge in [0.2, 0.25) is 0 Å². The topological polar surface area (TPSA) is 44.0 Å². The molecule has 0 aliphatic rings. The maximum absolute atomic E-state index is 11.8. The maximum atomic E-state index is 11.8. The number of carbonyl (C=O) groups is 1. The van der Waals surface area contributed by atoms with E-state index in [1.165, 1.54) is 4.57 Å². The number of hydrogen-bond donors (Lipinski definition) is 0. The molecule has 4 nitrogen and oxygen atoms in total. The number of rotatable bonds is 4. The van der Waals surface area contributed by atoms with Crippen molar-refractivity contribution >= 4 is 5.78 Å². The van der Waals surface area contributed by atoms with E-state index < -0.39 is 5.41 Å². The summed E-state index contributed by atoms with van der Waals surface area (Å²) in [6.45, 7) is 8.48. The van der Waals surface area contributed by atoms with E-state index in [1.807, 2.05) is 27.7 Å². The minimum absolute atomic E-state index is 0.0730. The molecule has 0 aliphatic heterocycles. The molecule has 0 unspecified atom stereocenters. The van der Waals surface area contributed by atoms with Gasteiger partial charge in [-0.3, -0.25) is 13.9 Å². The van der Waals surface area contributed by atoms with Crippen LogP contribution in [0.4, 0.5) is 0 Å². The number of aromatic nitrogens is 2. The van der Waals surface area contributed by atoms with E-state index >= 15 is 0 Å². The Balaban J connectivity index is 2.84. The van der Waals surface area contributed by atoms with Gasteiger partial charge in [-0.1, -0.05) is 27.7 Å². The van der Waals surface area contributed by atoms with Crippen LogP contribution < -0.4 is 5.69 Å². The van der Waals surface area contributed by atoms with Gasteiger partial charge in [0, 0.05) is 24.4 Å². The molecule has 0 saturated heterocycles. The molecule has 0 N–H and O–H groups in total. The monoisotopic (exact) mass is 224 g/mol. The number of Topliss-reactive ketones (excluding diaryl/α,β-unsaturated/α-hetero) is 1. The number of carbonyl (C=O) groups excluding carboxylic acids is 1. The molecule has 1 aromatic rings. The van der Waals surface area contributed by atoms with Gasteiger partial charge >= 0.3 is 5.69 Å². The van der Waals surface area contributed by atoms with Crippen LogP contribution in [0.15, 0.2) is 17.2 Å². The van der Waals surface area contributed by atoms with Gasteiger partial charge in [-0.15, -0.1) is 0 Å². The first-order valence-electron chi connectivity index (χ1n) is 5.65. The molecule has 1 heterocycles. The molecule has 90 valence electrons. The minimum atomic E-state index is -0.397. The van der Waals surface area contributed by atoms with Crippen molar-refractivity contribution in [1.29, 1.82) is 0 Å². The fraction of sp³-hybridized carbons (Fsp3) is 0.667. The fourth-order valence-electron chi connectivity index (χ4n) is 1.38. The predicted octanol–water partition coefficient (Wildman–Crippen LogP) is 1.67. The molecular weight excluding hydrogens is 204 g/mol. The summed E-state index contributed by atoms with van der Waals surface area (Å²) in [5.41, 5.74) is -0.494. The summed E-state index contributed by atoms with van der Waals surface area (Å²) in [4.78, 5) is 23.6. The summed E-state index contributed by atoms with van der Waals surface area (Å²) in [6.07, 6.45) is 4.33. The molecular formula is C12H20N2O2. The van der Waals surface area contributed by atoms with E-state index in [0.29, 0.717) is 6.54 Å². The molecule has 0 radical (unpaired) electrons. The minimum Gasteiger partial charge on any atom is -0.299 e. The third-order valence-electron chi connectivity index (χ3n) is 2.53. The summed E-state index contributed by atoms with van der Waals surface area (Å²) in [5, 5.41) is 0. The Hall–Kier alpha value is -1.32. The van der Waals surface area contributed by atoms with Crippen LogP contribution in [0.5, 0.6) is 0 Å². The van der Waals surface area contributed by atoms with Crippen LogP contribution >= 0.6 is 0 Å². The highest BCUT2D eigenvalue weighted by Gasteiger charge is 2.21. The predicted molar refractivity (Wildman–Crippen MR) is 63.4 cm³/mol. The molecule has 0 amide bonds. The molecule has 0 bridgehead atoms. The number of aryl methyl sites for hydroxylation is 1. The fourth-order valence-corrected chi connectivity index (χ4v) is 1.38. The molecule has 0 spiro atoms. The van der Waals surface area contributed by atoms with Crippen LogP contribution in [0.25, 0.3) is 0 Å². The van der Waals surface area contributed by atoms with Crippen molar-refractivity contribution in [1.82, 2.24) is 9.13 Å². The normalized spacial score (nSPS) is 11.8. The third-order valence-corrected chi connectivity index (χ3v) is 2.53. The zero-order valence-electron chi connectivity index (χ0n) is 10.5. The number of imidazole rings is 1.